The van der Waals surface area contributed by atoms with Crippen molar-refractivity contribution in [3.05, 3.63) is 26.6 Å². The van der Waals surface area contributed by atoms with Crippen molar-refractivity contribution in [3.8, 4) is 5.75 Å². The van der Waals surface area contributed by atoms with Crippen LogP contribution in [0.2, 0.25) is 0 Å². The fourth-order valence-corrected chi connectivity index (χ4v) is 3.34. The first-order valence-electron chi connectivity index (χ1n) is 6.46. The molecule has 0 atom stereocenters. The summed E-state index contributed by atoms with van der Waals surface area (Å²) in [5.41, 5.74) is 1.14. The van der Waals surface area contributed by atoms with Gasteiger partial charge in [-0.05, 0) is 69.4 Å². The molecule has 1 aromatic rings. The van der Waals surface area contributed by atoms with Crippen molar-refractivity contribution in [2.45, 2.75) is 26.3 Å². The number of halogens is 2. The molecule has 1 rings (SSSR count). The highest BCUT2D eigenvalue weighted by atomic mass is 79.9. The molecule has 0 amide bonds. The molecule has 4 nitrogen and oxygen atoms in total. The summed E-state index contributed by atoms with van der Waals surface area (Å²) in [6.07, 6.45) is 1.23. The van der Waals surface area contributed by atoms with Crippen molar-refractivity contribution in [2.24, 2.45) is 0 Å². The Hall–Kier alpha value is -0.590. The quantitative estimate of drug-likeness (QED) is 0.526. The van der Waals surface area contributed by atoms with Crippen molar-refractivity contribution in [1.82, 2.24) is 5.32 Å². The highest BCUT2D eigenvalue weighted by Crippen LogP contribution is 2.34. The van der Waals surface area contributed by atoms with Gasteiger partial charge in [0.25, 0.3) is 0 Å². The third-order valence-electron chi connectivity index (χ3n) is 2.63. The average molecular weight is 409 g/mol. The Labute approximate surface area is 136 Å². The summed E-state index contributed by atoms with van der Waals surface area (Å²) in [5, 5.41) is 3.30. The van der Waals surface area contributed by atoms with E-state index < -0.39 is 0 Å². The Balaban J connectivity index is 2.34. The molecule has 0 bridgehead atoms. The number of esters is 1. The van der Waals surface area contributed by atoms with Gasteiger partial charge in [-0.1, -0.05) is 0 Å². The summed E-state index contributed by atoms with van der Waals surface area (Å²) in [5.74, 6) is 0.653. The summed E-state index contributed by atoms with van der Waals surface area (Å²) >= 11 is 6.95. The molecule has 1 N–H and O–H groups in total. The van der Waals surface area contributed by atoms with Crippen LogP contribution in [0.25, 0.3) is 0 Å². The zero-order valence-electron chi connectivity index (χ0n) is 11.7. The number of nitrogens with one attached hydrogen (secondary N) is 1. The Bertz CT molecular complexity index is 429. The molecule has 0 radical (unpaired) electrons. The van der Waals surface area contributed by atoms with E-state index in [0.717, 1.165) is 39.8 Å². The van der Waals surface area contributed by atoms with Gasteiger partial charge in [0, 0.05) is 13.0 Å². The van der Waals surface area contributed by atoms with Gasteiger partial charge in [-0.25, -0.2) is 0 Å². The molecule has 0 aliphatic rings. The predicted molar refractivity (Wildman–Crippen MR) is 86.0 cm³/mol. The second-order valence-electron chi connectivity index (χ2n) is 4.18. The van der Waals surface area contributed by atoms with Gasteiger partial charge in [0.05, 0.1) is 22.7 Å². The van der Waals surface area contributed by atoms with E-state index in [1.54, 1.807) is 7.11 Å². The van der Waals surface area contributed by atoms with Crippen molar-refractivity contribution >= 4 is 37.8 Å². The van der Waals surface area contributed by atoms with Crippen LogP contribution in [0.4, 0.5) is 0 Å². The number of methoxy groups -OCH3 is 1. The fourth-order valence-electron chi connectivity index (χ4n) is 1.73. The number of carbonyl (C=O) groups excluding carboxylic acids is 1. The lowest BCUT2D eigenvalue weighted by Gasteiger charge is -2.10. The smallest absolute Gasteiger partial charge is 0.305 e. The molecule has 0 fully saturated rings. The molecule has 0 saturated carbocycles. The lowest BCUT2D eigenvalue weighted by atomic mass is 10.2. The van der Waals surface area contributed by atoms with E-state index in [9.17, 15) is 4.79 Å². The van der Waals surface area contributed by atoms with E-state index in [1.807, 2.05) is 19.1 Å². The molecular formula is C14H19Br2NO3. The van der Waals surface area contributed by atoms with Gasteiger partial charge in [-0.2, -0.15) is 0 Å². The van der Waals surface area contributed by atoms with Crippen molar-refractivity contribution in [3.63, 3.8) is 0 Å². The van der Waals surface area contributed by atoms with Gasteiger partial charge < -0.3 is 14.8 Å². The maximum atomic E-state index is 11.2. The van der Waals surface area contributed by atoms with Gasteiger partial charge >= 0.3 is 5.97 Å². The van der Waals surface area contributed by atoms with Crippen LogP contribution >= 0.6 is 31.9 Å². The summed E-state index contributed by atoms with van der Waals surface area (Å²) < 4.78 is 12.0. The summed E-state index contributed by atoms with van der Waals surface area (Å²) in [4.78, 5) is 11.2. The molecular weight excluding hydrogens is 390 g/mol. The van der Waals surface area contributed by atoms with E-state index in [1.165, 1.54) is 0 Å². The molecule has 20 heavy (non-hydrogen) atoms. The number of ether oxygens (including phenoxy) is 2. The topological polar surface area (TPSA) is 47.6 Å². The van der Waals surface area contributed by atoms with Crippen LogP contribution in [-0.2, 0) is 16.1 Å². The molecule has 0 spiro atoms. The van der Waals surface area contributed by atoms with Gasteiger partial charge in [-0.3, -0.25) is 4.79 Å². The van der Waals surface area contributed by atoms with E-state index >= 15 is 0 Å². The van der Waals surface area contributed by atoms with Crippen LogP contribution in [0.15, 0.2) is 21.1 Å². The van der Waals surface area contributed by atoms with Gasteiger partial charge in [0.15, 0.2) is 0 Å². The minimum Gasteiger partial charge on any atom is -0.494 e. The molecule has 0 unspecified atom stereocenters. The normalized spacial score (nSPS) is 10.4. The fraction of sp³-hybridized carbons (Fsp3) is 0.500. The summed E-state index contributed by atoms with van der Waals surface area (Å²) in [7, 11) is 1.64. The molecule has 0 heterocycles. The number of hydrogen-bond acceptors (Lipinski definition) is 4. The number of carbonyl (C=O) groups is 1. The predicted octanol–water partition coefficient (Wildman–Crippen LogP) is 3.65. The third kappa shape index (κ3) is 5.81. The zero-order valence-corrected chi connectivity index (χ0v) is 14.8. The minimum atomic E-state index is -0.135. The first-order chi connectivity index (χ1) is 9.58. The molecule has 1 aromatic carbocycles. The molecule has 0 aromatic heterocycles. The minimum absolute atomic E-state index is 0.135. The Kier molecular flexibility index (Phi) is 8.18. The highest BCUT2D eigenvalue weighted by molar-refractivity contribution is 9.11. The summed E-state index contributed by atoms with van der Waals surface area (Å²) in [6, 6.07) is 4.03. The van der Waals surface area contributed by atoms with E-state index in [-0.39, 0.29) is 5.97 Å². The SMILES string of the molecule is CCOC(=O)CCCNCc1cc(Br)c(OC)c(Br)c1. The number of hydrogen-bond donors (Lipinski definition) is 1. The Morgan fingerprint density at radius 3 is 2.50 bits per heavy atom. The maximum absolute atomic E-state index is 11.2. The maximum Gasteiger partial charge on any atom is 0.305 e. The van der Waals surface area contributed by atoms with Gasteiger partial charge in [-0.15, -0.1) is 0 Å². The van der Waals surface area contributed by atoms with Crippen LogP contribution in [0.5, 0.6) is 5.75 Å². The van der Waals surface area contributed by atoms with E-state index in [0.29, 0.717) is 13.0 Å². The van der Waals surface area contributed by atoms with Crippen LogP contribution < -0.4 is 10.1 Å². The third-order valence-corrected chi connectivity index (χ3v) is 3.81. The standard InChI is InChI=1S/C14H19Br2NO3/c1-3-20-13(18)5-4-6-17-9-10-7-11(15)14(19-2)12(16)8-10/h7-8,17H,3-6,9H2,1-2H3. The number of rotatable bonds is 8. The molecule has 0 aliphatic heterocycles. The lowest BCUT2D eigenvalue weighted by Crippen LogP contribution is -2.16. The second kappa shape index (κ2) is 9.37. The van der Waals surface area contributed by atoms with Crippen LogP contribution in [0.3, 0.4) is 0 Å². The summed E-state index contributed by atoms with van der Waals surface area (Å²) in [6.45, 7) is 3.78. The van der Waals surface area contributed by atoms with Gasteiger partial charge in [0.2, 0.25) is 0 Å². The average Bonchev–Trinajstić information content (AvgIpc) is 2.38. The zero-order chi connectivity index (χ0) is 15.0. The highest BCUT2D eigenvalue weighted by Gasteiger charge is 2.07. The molecule has 0 saturated heterocycles. The second-order valence-corrected chi connectivity index (χ2v) is 5.89. The number of benzene rings is 1. The van der Waals surface area contributed by atoms with Crippen LogP contribution in [0.1, 0.15) is 25.3 Å². The molecule has 6 heteroatoms. The Morgan fingerprint density at radius 1 is 1.30 bits per heavy atom. The van der Waals surface area contributed by atoms with Crippen molar-refractivity contribution in [2.75, 3.05) is 20.3 Å². The molecule has 112 valence electrons. The monoisotopic (exact) mass is 407 g/mol. The van der Waals surface area contributed by atoms with Gasteiger partial charge in [0.1, 0.15) is 5.75 Å². The van der Waals surface area contributed by atoms with E-state index in [2.05, 4.69) is 37.2 Å². The van der Waals surface area contributed by atoms with Crippen LogP contribution in [0, 0.1) is 0 Å². The van der Waals surface area contributed by atoms with Crippen LogP contribution in [-0.4, -0.2) is 26.2 Å². The lowest BCUT2D eigenvalue weighted by molar-refractivity contribution is -0.143. The Morgan fingerprint density at radius 2 is 1.95 bits per heavy atom. The van der Waals surface area contributed by atoms with Crippen molar-refractivity contribution < 1.29 is 14.3 Å². The first kappa shape index (κ1) is 17.5. The van der Waals surface area contributed by atoms with E-state index in [4.69, 9.17) is 9.47 Å². The van der Waals surface area contributed by atoms with Crippen molar-refractivity contribution in [1.29, 1.82) is 0 Å². The molecule has 0 aliphatic carbocycles. The largest absolute Gasteiger partial charge is 0.494 e. The first-order valence-corrected chi connectivity index (χ1v) is 8.05.